The molecule has 17 heavy (non-hydrogen) atoms. The molecule has 0 aromatic heterocycles. The third-order valence-corrected chi connectivity index (χ3v) is 3.66. The van der Waals surface area contributed by atoms with Gasteiger partial charge in [-0.15, -0.1) is 0 Å². The van der Waals surface area contributed by atoms with Gasteiger partial charge in [0, 0.05) is 17.5 Å². The van der Waals surface area contributed by atoms with Crippen LogP contribution in [0.2, 0.25) is 0 Å². The summed E-state index contributed by atoms with van der Waals surface area (Å²) in [6.07, 6.45) is 3.15. The zero-order valence-corrected chi connectivity index (χ0v) is 10.5. The Morgan fingerprint density at radius 2 is 2.00 bits per heavy atom. The molecular formula is C14H19NO2. The highest BCUT2D eigenvalue weighted by atomic mass is 16.5. The quantitative estimate of drug-likeness (QED) is 0.793. The molecule has 3 heteroatoms. The number of rotatable bonds is 5. The average molecular weight is 233 g/mol. The second-order valence-corrected chi connectivity index (χ2v) is 4.72. The summed E-state index contributed by atoms with van der Waals surface area (Å²) in [5.74, 6) is 1.05. The number of methoxy groups -OCH3 is 1. The lowest BCUT2D eigenvalue weighted by atomic mass is 9.64. The predicted octanol–water partition coefficient (Wildman–Crippen LogP) is 2.27. The van der Waals surface area contributed by atoms with E-state index >= 15 is 0 Å². The van der Waals surface area contributed by atoms with Crippen molar-refractivity contribution in [3.63, 3.8) is 0 Å². The number of carbonyl (C=O) groups excluding carboxylic acids is 1. The Hall–Kier alpha value is -1.35. The minimum absolute atomic E-state index is 0.163. The number of benzene rings is 1. The minimum Gasteiger partial charge on any atom is -0.497 e. The highest BCUT2D eigenvalue weighted by Gasteiger charge is 2.43. The van der Waals surface area contributed by atoms with Crippen LogP contribution < -0.4 is 10.1 Å². The van der Waals surface area contributed by atoms with Crippen LogP contribution in [-0.2, 0) is 0 Å². The first-order valence-electron chi connectivity index (χ1n) is 6.05. The monoisotopic (exact) mass is 233 g/mol. The van der Waals surface area contributed by atoms with Gasteiger partial charge < -0.3 is 10.1 Å². The van der Waals surface area contributed by atoms with E-state index in [1.165, 1.54) is 0 Å². The number of nitrogens with one attached hydrogen (secondary N) is 1. The van der Waals surface area contributed by atoms with Crippen LogP contribution in [0.15, 0.2) is 24.3 Å². The van der Waals surface area contributed by atoms with Gasteiger partial charge in [-0.25, -0.2) is 0 Å². The predicted molar refractivity (Wildman–Crippen MR) is 67.5 cm³/mol. The lowest BCUT2D eigenvalue weighted by Crippen LogP contribution is -2.45. The van der Waals surface area contributed by atoms with Crippen LogP contribution in [0.1, 0.15) is 29.6 Å². The van der Waals surface area contributed by atoms with Crippen molar-refractivity contribution in [2.75, 3.05) is 20.7 Å². The van der Waals surface area contributed by atoms with Gasteiger partial charge in [0.1, 0.15) is 5.75 Å². The normalized spacial score (nSPS) is 17.3. The molecule has 1 aliphatic carbocycles. The van der Waals surface area contributed by atoms with Crippen LogP contribution >= 0.6 is 0 Å². The van der Waals surface area contributed by atoms with Crippen molar-refractivity contribution in [2.24, 2.45) is 5.41 Å². The third kappa shape index (κ3) is 2.20. The molecule has 2 rings (SSSR count). The number of carbonyl (C=O) groups is 1. The Bertz CT molecular complexity index is 393. The van der Waals surface area contributed by atoms with Gasteiger partial charge in [-0.1, -0.05) is 6.42 Å². The highest BCUT2D eigenvalue weighted by Crippen LogP contribution is 2.43. The van der Waals surface area contributed by atoms with Crippen molar-refractivity contribution in [1.29, 1.82) is 0 Å². The molecule has 1 aromatic carbocycles. The first kappa shape index (κ1) is 12.1. The summed E-state index contributed by atoms with van der Waals surface area (Å²) >= 11 is 0. The largest absolute Gasteiger partial charge is 0.497 e. The Balaban J connectivity index is 2.17. The minimum atomic E-state index is -0.163. The van der Waals surface area contributed by atoms with Gasteiger partial charge in [0.15, 0.2) is 5.78 Å². The van der Waals surface area contributed by atoms with Gasteiger partial charge in [-0.05, 0) is 44.2 Å². The van der Waals surface area contributed by atoms with E-state index in [1.54, 1.807) is 7.11 Å². The summed E-state index contributed by atoms with van der Waals surface area (Å²) in [6, 6.07) is 7.41. The van der Waals surface area contributed by atoms with Gasteiger partial charge in [-0.3, -0.25) is 4.79 Å². The smallest absolute Gasteiger partial charge is 0.170 e. The van der Waals surface area contributed by atoms with E-state index in [0.29, 0.717) is 0 Å². The second kappa shape index (κ2) is 4.88. The standard InChI is InChI=1S/C14H19NO2/c1-15-10-14(8-3-9-14)13(16)11-4-6-12(17-2)7-5-11/h4-7,15H,3,8-10H2,1-2H3. The third-order valence-electron chi connectivity index (χ3n) is 3.66. The molecule has 0 radical (unpaired) electrons. The van der Waals surface area contributed by atoms with E-state index in [9.17, 15) is 4.79 Å². The molecule has 0 spiro atoms. The van der Waals surface area contributed by atoms with Crippen molar-refractivity contribution < 1.29 is 9.53 Å². The van der Waals surface area contributed by atoms with Crippen LogP contribution in [0, 0.1) is 5.41 Å². The topological polar surface area (TPSA) is 38.3 Å². The number of ketones is 1. The molecule has 1 fully saturated rings. The number of Topliss-reactive ketones (excluding diaryl/α,β-unsaturated/α-hetero) is 1. The first-order valence-corrected chi connectivity index (χ1v) is 6.05. The van der Waals surface area contributed by atoms with E-state index < -0.39 is 0 Å². The highest BCUT2D eigenvalue weighted by molar-refractivity contribution is 6.01. The molecule has 0 bridgehead atoms. The molecule has 0 heterocycles. The van der Waals surface area contributed by atoms with Gasteiger partial charge in [0.25, 0.3) is 0 Å². The summed E-state index contributed by atoms with van der Waals surface area (Å²) in [6.45, 7) is 0.776. The molecule has 0 amide bonds. The van der Waals surface area contributed by atoms with E-state index in [4.69, 9.17) is 4.74 Å². The summed E-state index contributed by atoms with van der Waals surface area (Å²) in [5.41, 5.74) is 0.629. The van der Waals surface area contributed by atoms with E-state index in [1.807, 2.05) is 31.3 Å². The van der Waals surface area contributed by atoms with Crippen LogP contribution in [0.4, 0.5) is 0 Å². The molecular weight excluding hydrogens is 214 g/mol. The number of hydrogen-bond donors (Lipinski definition) is 1. The Kier molecular flexibility index (Phi) is 3.48. The fourth-order valence-electron chi connectivity index (χ4n) is 2.47. The molecule has 0 atom stereocenters. The SMILES string of the molecule is CNCC1(C(=O)c2ccc(OC)cc2)CCC1. The number of hydrogen-bond acceptors (Lipinski definition) is 3. The maximum absolute atomic E-state index is 12.5. The van der Waals surface area contributed by atoms with Crippen LogP contribution in [-0.4, -0.2) is 26.5 Å². The van der Waals surface area contributed by atoms with Crippen LogP contribution in [0.3, 0.4) is 0 Å². The number of ether oxygens (including phenoxy) is 1. The fourth-order valence-corrected chi connectivity index (χ4v) is 2.47. The zero-order valence-electron chi connectivity index (χ0n) is 10.5. The van der Waals surface area contributed by atoms with Crippen molar-refractivity contribution >= 4 is 5.78 Å². The second-order valence-electron chi connectivity index (χ2n) is 4.72. The molecule has 92 valence electrons. The Morgan fingerprint density at radius 1 is 1.35 bits per heavy atom. The van der Waals surface area contributed by atoms with Gasteiger partial charge >= 0.3 is 0 Å². The zero-order chi connectivity index (χ0) is 12.3. The molecule has 1 aromatic rings. The summed E-state index contributed by atoms with van der Waals surface area (Å²) in [5, 5.41) is 3.14. The van der Waals surface area contributed by atoms with E-state index in [2.05, 4.69) is 5.32 Å². The van der Waals surface area contributed by atoms with Crippen molar-refractivity contribution in [3.05, 3.63) is 29.8 Å². The molecule has 1 saturated carbocycles. The fraction of sp³-hybridized carbons (Fsp3) is 0.500. The molecule has 1 N–H and O–H groups in total. The molecule has 0 saturated heterocycles. The lowest BCUT2D eigenvalue weighted by Gasteiger charge is -2.40. The van der Waals surface area contributed by atoms with Gasteiger partial charge in [0.2, 0.25) is 0 Å². The van der Waals surface area contributed by atoms with Gasteiger partial charge in [-0.2, -0.15) is 0 Å². The molecule has 0 aliphatic heterocycles. The van der Waals surface area contributed by atoms with E-state index in [-0.39, 0.29) is 11.2 Å². The van der Waals surface area contributed by atoms with Crippen molar-refractivity contribution in [1.82, 2.24) is 5.32 Å². The van der Waals surface area contributed by atoms with E-state index in [0.717, 1.165) is 37.1 Å². The average Bonchev–Trinajstić information content (AvgIpc) is 2.33. The summed E-state index contributed by atoms with van der Waals surface area (Å²) in [4.78, 5) is 12.5. The molecule has 0 unspecified atom stereocenters. The van der Waals surface area contributed by atoms with Crippen molar-refractivity contribution in [3.8, 4) is 5.75 Å². The first-order chi connectivity index (χ1) is 8.22. The lowest BCUT2D eigenvalue weighted by molar-refractivity contribution is 0.0614. The summed E-state index contributed by atoms with van der Waals surface area (Å²) in [7, 11) is 3.53. The van der Waals surface area contributed by atoms with Crippen LogP contribution in [0.25, 0.3) is 0 Å². The Labute approximate surface area is 102 Å². The maximum atomic E-state index is 12.5. The van der Waals surface area contributed by atoms with Crippen molar-refractivity contribution in [2.45, 2.75) is 19.3 Å². The Morgan fingerprint density at radius 3 is 2.41 bits per heavy atom. The van der Waals surface area contributed by atoms with Crippen LogP contribution in [0.5, 0.6) is 5.75 Å². The summed E-state index contributed by atoms with van der Waals surface area (Å²) < 4.78 is 5.10. The maximum Gasteiger partial charge on any atom is 0.170 e. The van der Waals surface area contributed by atoms with Gasteiger partial charge in [0.05, 0.1) is 7.11 Å². The molecule has 1 aliphatic rings. The molecule has 3 nitrogen and oxygen atoms in total.